The van der Waals surface area contributed by atoms with E-state index in [1.54, 1.807) is 0 Å². The standard InChI is InChI=1S/C5H9NO4.H2O4S/c1-6-3(5(9)10)2-4(7)8;1-5(2,3)4/h3,6H,2H2,1H3,(H,7,8)(H,9,10);(H2,1,2,3,4)/t3-;/m0./s1. The number of carboxylic acid groups (broad SMARTS) is 2. The van der Waals surface area contributed by atoms with Gasteiger partial charge >= 0.3 is 22.3 Å². The lowest BCUT2D eigenvalue weighted by molar-refractivity contribution is -0.145. The molecule has 1 atom stereocenters. The van der Waals surface area contributed by atoms with Gasteiger partial charge in [0.2, 0.25) is 0 Å². The van der Waals surface area contributed by atoms with Crippen LogP contribution in [0.1, 0.15) is 6.42 Å². The van der Waals surface area contributed by atoms with Gasteiger partial charge < -0.3 is 15.5 Å². The first-order valence-corrected chi connectivity index (χ1v) is 4.79. The maximum absolute atomic E-state index is 10.1. The molecule has 90 valence electrons. The minimum atomic E-state index is -4.67. The molecule has 0 aliphatic carbocycles. The van der Waals surface area contributed by atoms with E-state index in [1.165, 1.54) is 7.05 Å². The van der Waals surface area contributed by atoms with Crippen molar-refractivity contribution < 1.29 is 37.3 Å². The highest BCUT2D eigenvalue weighted by atomic mass is 32.3. The van der Waals surface area contributed by atoms with Gasteiger partial charge in [0.15, 0.2) is 0 Å². The second kappa shape index (κ2) is 7.11. The number of hydrogen-bond acceptors (Lipinski definition) is 5. The van der Waals surface area contributed by atoms with Crippen molar-refractivity contribution >= 4 is 22.3 Å². The van der Waals surface area contributed by atoms with Crippen molar-refractivity contribution in [2.24, 2.45) is 0 Å². The zero-order chi connectivity index (χ0) is 12.6. The molecule has 0 saturated carbocycles. The van der Waals surface area contributed by atoms with Crippen molar-refractivity contribution in [2.75, 3.05) is 7.05 Å². The fourth-order valence-corrected chi connectivity index (χ4v) is 0.487. The fourth-order valence-electron chi connectivity index (χ4n) is 0.487. The molecule has 15 heavy (non-hydrogen) atoms. The van der Waals surface area contributed by atoms with Gasteiger partial charge in [0, 0.05) is 0 Å². The lowest BCUT2D eigenvalue weighted by Gasteiger charge is -2.06. The predicted octanol–water partition coefficient (Wildman–Crippen LogP) is -1.52. The van der Waals surface area contributed by atoms with Crippen LogP contribution >= 0.6 is 0 Å². The molecule has 0 bridgehead atoms. The average Bonchev–Trinajstić information content (AvgIpc) is 1.95. The van der Waals surface area contributed by atoms with Crippen LogP contribution in [0.2, 0.25) is 0 Å². The molecule has 10 heteroatoms. The number of nitrogens with one attached hydrogen (secondary N) is 1. The molecule has 0 aromatic rings. The van der Waals surface area contributed by atoms with Crippen LogP contribution in [0.3, 0.4) is 0 Å². The summed E-state index contributed by atoms with van der Waals surface area (Å²) >= 11 is 0. The minimum Gasteiger partial charge on any atom is -0.481 e. The number of aliphatic carboxylic acids is 2. The molecule has 0 fully saturated rings. The zero-order valence-electron chi connectivity index (χ0n) is 7.61. The third-order valence-corrected chi connectivity index (χ3v) is 1.03. The summed E-state index contributed by atoms with van der Waals surface area (Å²) in [6.45, 7) is 0. The van der Waals surface area contributed by atoms with Crippen molar-refractivity contribution in [3.8, 4) is 0 Å². The van der Waals surface area contributed by atoms with Gasteiger partial charge in [-0.05, 0) is 7.05 Å². The smallest absolute Gasteiger partial charge is 0.394 e. The zero-order valence-corrected chi connectivity index (χ0v) is 8.43. The number of rotatable bonds is 4. The highest BCUT2D eigenvalue weighted by Crippen LogP contribution is 1.89. The second-order valence-electron chi connectivity index (χ2n) is 2.23. The van der Waals surface area contributed by atoms with Crippen molar-refractivity contribution in [3.63, 3.8) is 0 Å². The lowest BCUT2D eigenvalue weighted by Crippen LogP contribution is -2.35. The molecule has 5 N–H and O–H groups in total. The molecule has 0 aromatic carbocycles. The van der Waals surface area contributed by atoms with E-state index in [2.05, 4.69) is 5.32 Å². The van der Waals surface area contributed by atoms with Gasteiger partial charge in [0.1, 0.15) is 6.04 Å². The topological polar surface area (TPSA) is 161 Å². The lowest BCUT2D eigenvalue weighted by atomic mass is 10.2. The Morgan fingerprint density at radius 3 is 1.67 bits per heavy atom. The molecule has 0 saturated heterocycles. The van der Waals surface area contributed by atoms with Crippen LogP contribution in [0.25, 0.3) is 0 Å². The molecule has 0 rings (SSSR count). The molecule has 9 nitrogen and oxygen atoms in total. The number of carbonyl (C=O) groups is 2. The molecule has 0 aliphatic heterocycles. The van der Waals surface area contributed by atoms with E-state index in [0.29, 0.717) is 0 Å². The summed E-state index contributed by atoms with van der Waals surface area (Å²) in [5.41, 5.74) is 0. The molecular formula is C5H11NO8S. The summed E-state index contributed by atoms with van der Waals surface area (Å²) in [5.74, 6) is -2.27. The van der Waals surface area contributed by atoms with Crippen LogP contribution in [0.15, 0.2) is 0 Å². The monoisotopic (exact) mass is 245 g/mol. The number of carboxylic acids is 2. The van der Waals surface area contributed by atoms with Crippen LogP contribution in [0, 0.1) is 0 Å². The van der Waals surface area contributed by atoms with Gasteiger partial charge in [-0.1, -0.05) is 0 Å². The van der Waals surface area contributed by atoms with Crippen molar-refractivity contribution in [3.05, 3.63) is 0 Å². The molecule has 0 heterocycles. The molecule has 0 spiro atoms. The van der Waals surface area contributed by atoms with E-state index < -0.39 is 34.8 Å². The summed E-state index contributed by atoms with van der Waals surface area (Å²) in [6.07, 6.45) is -0.397. The third-order valence-electron chi connectivity index (χ3n) is 1.03. The third kappa shape index (κ3) is 19.3. The van der Waals surface area contributed by atoms with Gasteiger partial charge in [-0.2, -0.15) is 8.42 Å². The Bertz CT molecular complexity index is 301. The molecule has 0 unspecified atom stereocenters. The summed E-state index contributed by atoms with van der Waals surface area (Å²) in [7, 11) is -3.26. The minimum absolute atomic E-state index is 0.397. The Morgan fingerprint density at radius 1 is 1.27 bits per heavy atom. The Balaban J connectivity index is 0. The number of likely N-dealkylation sites (N-methyl/N-ethyl adjacent to an activating group) is 1. The Morgan fingerprint density at radius 2 is 1.60 bits per heavy atom. The van der Waals surface area contributed by atoms with Crippen LogP contribution in [0.4, 0.5) is 0 Å². The Labute approximate surface area is 85.3 Å². The van der Waals surface area contributed by atoms with Crippen molar-refractivity contribution in [1.29, 1.82) is 0 Å². The van der Waals surface area contributed by atoms with Gasteiger partial charge in [-0.15, -0.1) is 0 Å². The highest BCUT2D eigenvalue weighted by Gasteiger charge is 2.17. The largest absolute Gasteiger partial charge is 0.481 e. The SMILES string of the molecule is CN[C@@H](CC(=O)O)C(=O)O.O=S(=O)(O)O. The van der Waals surface area contributed by atoms with Gasteiger partial charge in [0.25, 0.3) is 0 Å². The van der Waals surface area contributed by atoms with Crippen LogP contribution in [-0.2, 0) is 20.0 Å². The van der Waals surface area contributed by atoms with Crippen LogP contribution < -0.4 is 5.32 Å². The Kier molecular flexibility index (Phi) is 7.69. The summed E-state index contributed by atoms with van der Waals surface area (Å²) in [6, 6.07) is -0.988. The van der Waals surface area contributed by atoms with Gasteiger partial charge in [-0.25, -0.2) is 0 Å². The fraction of sp³-hybridized carbons (Fsp3) is 0.600. The van der Waals surface area contributed by atoms with E-state index in [4.69, 9.17) is 27.7 Å². The maximum Gasteiger partial charge on any atom is 0.394 e. The van der Waals surface area contributed by atoms with Gasteiger partial charge in [-0.3, -0.25) is 18.7 Å². The van der Waals surface area contributed by atoms with Crippen molar-refractivity contribution in [2.45, 2.75) is 12.5 Å². The first kappa shape index (κ1) is 16.2. The van der Waals surface area contributed by atoms with Crippen molar-refractivity contribution in [1.82, 2.24) is 5.32 Å². The molecule has 0 aromatic heterocycles. The summed E-state index contributed by atoms with van der Waals surface area (Å²) < 4.78 is 31.6. The maximum atomic E-state index is 10.1. The number of hydrogen-bond donors (Lipinski definition) is 5. The van der Waals surface area contributed by atoms with E-state index >= 15 is 0 Å². The molecule has 0 radical (unpaired) electrons. The van der Waals surface area contributed by atoms with E-state index in [9.17, 15) is 9.59 Å². The second-order valence-corrected chi connectivity index (χ2v) is 3.12. The van der Waals surface area contributed by atoms with Gasteiger partial charge in [0.05, 0.1) is 6.42 Å². The molecule has 0 aliphatic rings. The Hall–Kier alpha value is -1.23. The van der Waals surface area contributed by atoms with E-state index in [0.717, 1.165) is 0 Å². The summed E-state index contributed by atoms with van der Waals surface area (Å²) in [4.78, 5) is 20.1. The van der Waals surface area contributed by atoms with Crippen LogP contribution in [-0.4, -0.2) is 52.8 Å². The molecule has 0 amide bonds. The molecular weight excluding hydrogens is 234 g/mol. The van der Waals surface area contributed by atoms with Crippen LogP contribution in [0.5, 0.6) is 0 Å². The predicted molar refractivity (Wildman–Crippen MR) is 46.9 cm³/mol. The van der Waals surface area contributed by atoms with E-state index in [-0.39, 0.29) is 0 Å². The first-order chi connectivity index (χ1) is 6.57. The first-order valence-electron chi connectivity index (χ1n) is 3.39. The highest BCUT2D eigenvalue weighted by molar-refractivity contribution is 7.79. The normalized spacial score (nSPS) is 12.2. The van der Waals surface area contributed by atoms with E-state index in [1.807, 2.05) is 0 Å². The average molecular weight is 245 g/mol. The quantitative estimate of drug-likeness (QED) is 0.370. The summed E-state index contributed by atoms with van der Waals surface area (Å²) in [5, 5.41) is 18.8.